The molecule has 1 unspecified atom stereocenters. The van der Waals surface area contributed by atoms with Crippen LogP contribution in [0.15, 0.2) is 11.6 Å². The number of rotatable bonds is 1. The Hall–Kier alpha value is -0.830. The van der Waals surface area contributed by atoms with Crippen LogP contribution < -0.4 is 0 Å². The molecule has 62 valence electrons. The third-order valence-electron chi connectivity index (χ3n) is 1.97. The molecule has 1 aliphatic rings. The van der Waals surface area contributed by atoms with Crippen molar-refractivity contribution in [3.8, 4) is 0 Å². The fraction of sp³-hybridized carbons (Fsp3) is 0.625. The van der Waals surface area contributed by atoms with Gasteiger partial charge in [-0.1, -0.05) is 13.8 Å². The summed E-state index contributed by atoms with van der Waals surface area (Å²) in [6.45, 7) is 3.92. The number of amides is 1. The van der Waals surface area contributed by atoms with Crippen LogP contribution in [0.5, 0.6) is 0 Å². The molecule has 1 rings (SSSR count). The van der Waals surface area contributed by atoms with Gasteiger partial charge in [0, 0.05) is 13.1 Å². The molecular weight excluding hydrogens is 142 g/mol. The van der Waals surface area contributed by atoms with E-state index in [1.165, 1.54) is 11.0 Å². The van der Waals surface area contributed by atoms with Crippen LogP contribution in [0.2, 0.25) is 0 Å². The first kappa shape index (κ1) is 8.27. The van der Waals surface area contributed by atoms with Crippen LogP contribution >= 0.6 is 0 Å². The molecule has 0 saturated carbocycles. The molecule has 0 fully saturated rings. The first-order valence-electron chi connectivity index (χ1n) is 3.70. The average molecular weight is 155 g/mol. The van der Waals surface area contributed by atoms with E-state index in [0.29, 0.717) is 0 Å². The maximum Gasteiger partial charge on any atom is 0.248 e. The molecule has 0 aromatic rings. The van der Waals surface area contributed by atoms with E-state index < -0.39 is 6.23 Å². The van der Waals surface area contributed by atoms with Crippen LogP contribution in [0.1, 0.15) is 13.8 Å². The first-order valence-corrected chi connectivity index (χ1v) is 3.70. The predicted molar refractivity (Wildman–Crippen MR) is 41.7 cm³/mol. The Labute approximate surface area is 66.3 Å². The summed E-state index contributed by atoms with van der Waals surface area (Å²) in [5.41, 5.74) is 0.803. The van der Waals surface area contributed by atoms with Gasteiger partial charge in [0.25, 0.3) is 0 Å². The normalized spacial score (nSPS) is 24.8. The fourth-order valence-electron chi connectivity index (χ4n) is 1.13. The zero-order valence-electron chi connectivity index (χ0n) is 7.03. The largest absolute Gasteiger partial charge is 0.369 e. The summed E-state index contributed by atoms with van der Waals surface area (Å²) in [7, 11) is 1.60. The van der Waals surface area contributed by atoms with Crippen LogP contribution in [0.25, 0.3) is 0 Å². The molecule has 3 nitrogen and oxygen atoms in total. The van der Waals surface area contributed by atoms with Gasteiger partial charge in [-0.3, -0.25) is 4.79 Å². The standard InChI is InChI=1S/C8H13NO2/c1-5(2)6-4-7(10)9(3)8(6)11/h4-5,8,11H,1-3H3. The molecule has 0 bridgehead atoms. The maximum absolute atomic E-state index is 11.0. The number of carbonyl (C=O) groups excluding carboxylic acids is 1. The summed E-state index contributed by atoms with van der Waals surface area (Å²) in [5, 5.41) is 9.44. The smallest absolute Gasteiger partial charge is 0.248 e. The molecule has 1 amide bonds. The van der Waals surface area contributed by atoms with E-state index in [2.05, 4.69) is 0 Å². The van der Waals surface area contributed by atoms with Crippen molar-refractivity contribution in [1.82, 2.24) is 4.90 Å². The van der Waals surface area contributed by atoms with Crippen molar-refractivity contribution < 1.29 is 9.90 Å². The summed E-state index contributed by atoms with van der Waals surface area (Å²) in [4.78, 5) is 12.3. The van der Waals surface area contributed by atoms with Gasteiger partial charge in [0.2, 0.25) is 5.91 Å². The van der Waals surface area contributed by atoms with E-state index in [0.717, 1.165) is 5.57 Å². The molecule has 1 N–H and O–H groups in total. The topological polar surface area (TPSA) is 40.5 Å². The Bertz CT molecular complexity index is 208. The minimum absolute atomic E-state index is 0.110. The minimum atomic E-state index is -0.706. The van der Waals surface area contributed by atoms with E-state index in [9.17, 15) is 9.90 Å². The Morgan fingerprint density at radius 3 is 2.36 bits per heavy atom. The number of aliphatic hydroxyl groups is 1. The molecule has 1 aliphatic heterocycles. The third kappa shape index (κ3) is 1.28. The maximum atomic E-state index is 11.0. The van der Waals surface area contributed by atoms with Gasteiger partial charge in [-0.2, -0.15) is 0 Å². The van der Waals surface area contributed by atoms with Crippen molar-refractivity contribution in [3.63, 3.8) is 0 Å². The van der Waals surface area contributed by atoms with Gasteiger partial charge in [-0.25, -0.2) is 0 Å². The summed E-state index contributed by atoms with van der Waals surface area (Å²) in [5.74, 6) is 0.125. The van der Waals surface area contributed by atoms with E-state index in [-0.39, 0.29) is 11.8 Å². The molecule has 11 heavy (non-hydrogen) atoms. The molecule has 0 aromatic heterocycles. The van der Waals surface area contributed by atoms with Crippen molar-refractivity contribution in [3.05, 3.63) is 11.6 Å². The molecule has 0 aromatic carbocycles. The molecule has 1 heterocycles. The zero-order valence-corrected chi connectivity index (χ0v) is 7.03. The number of hydrogen-bond donors (Lipinski definition) is 1. The minimum Gasteiger partial charge on any atom is -0.369 e. The second kappa shape index (κ2) is 2.66. The van der Waals surface area contributed by atoms with E-state index >= 15 is 0 Å². The van der Waals surface area contributed by atoms with Gasteiger partial charge >= 0.3 is 0 Å². The Morgan fingerprint density at radius 2 is 2.18 bits per heavy atom. The van der Waals surface area contributed by atoms with Gasteiger partial charge in [0.1, 0.15) is 0 Å². The van der Waals surface area contributed by atoms with Gasteiger partial charge in [-0.05, 0) is 11.5 Å². The summed E-state index contributed by atoms with van der Waals surface area (Å²) < 4.78 is 0. The van der Waals surface area contributed by atoms with Crippen LogP contribution in [0.3, 0.4) is 0 Å². The lowest BCUT2D eigenvalue weighted by Gasteiger charge is -2.18. The SMILES string of the molecule is CC(C)C1=CC(=O)N(C)C1O. The third-order valence-corrected chi connectivity index (χ3v) is 1.97. The van der Waals surface area contributed by atoms with Crippen molar-refractivity contribution in [2.75, 3.05) is 7.05 Å². The summed E-state index contributed by atoms with van der Waals surface area (Å²) in [6, 6.07) is 0. The average Bonchev–Trinajstić information content (AvgIpc) is 2.17. The van der Waals surface area contributed by atoms with E-state index in [4.69, 9.17) is 0 Å². The Balaban J connectivity index is 2.83. The molecular formula is C8H13NO2. The predicted octanol–water partition coefficient (Wildman–Crippen LogP) is 0.359. The lowest BCUT2D eigenvalue weighted by Crippen LogP contribution is -2.31. The fourth-order valence-corrected chi connectivity index (χ4v) is 1.13. The second-order valence-corrected chi connectivity index (χ2v) is 3.12. The van der Waals surface area contributed by atoms with Crippen LogP contribution in [0, 0.1) is 5.92 Å². The highest BCUT2D eigenvalue weighted by Gasteiger charge is 2.28. The lowest BCUT2D eigenvalue weighted by molar-refractivity contribution is -0.129. The number of nitrogens with zero attached hydrogens (tertiary/aromatic N) is 1. The summed E-state index contributed by atoms with van der Waals surface area (Å²) >= 11 is 0. The number of likely N-dealkylation sites (N-methyl/N-ethyl adjacent to an activating group) is 1. The van der Waals surface area contributed by atoms with E-state index in [1.54, 1.807) is 7.05 Å². The first-order chi connectivity index (χ1) is 5.04. The number of hydrogen-bond acceptors (Lipinski definition) is 2. The van der Waals surface area contributed by atoms with Crippen LogP contribution in [-0.4, -0.2) is 29.2 Å². The molecule has 0 radical (unpaired) electrons. The molecule has 0 saturated heterocycles. The quantitative estimate of drug-likeness (QED) is 0.594. The van der Waals surface area contributed by atoms with Gasteiger partial charge in [0.05, 0.1) is 0 Å². The molecule has 3 heteroatoms. The lowest BCUT2D eigenvalue weighted by atomic mass is 10.0. The van der Waals surface area contributed by atoms with Crippen molar-refractivity contribution in [1.29, 1.82) is 0 Å². The molecule has 0 aliphatic carbocycles. The van der Waals surface area contributed by atoms with Crippen LogP contribution in [0.4, 0.5) is 0 Å². The van der Waals surface area contributed by atoms with Crippen LogP contribution in [-0.2, 0) is 4.79 Å². The highest BCUT2D eigenvalue weighted by Crippen LogP contribution is 2.22. The van der Waals surface area contributed by atoms with Gasteiger partial charge < -0.3 is 10.0 Å². The number of aliphatic hydroxyl groups excluding tert-OH is 1. The second-order valence-electron chi connectivity index (χ2n) is 3.12. The highest BCUT2D eigenvalue weighted by molar-refractivity contribution is 5.91. The van der Waals surface area contributed by atoms with Gasteiger partial charge in [0.15, 0.2) is 6.23 Å². The van der Waals surface area contributed by atoms with E-state index in [1.807, 2.05) is 13.8 Å². The van der Waals surface area contributed by atoms with Gasteiger partial charge in [-0.15, -0.1) is 0 Å². The van der Waals surface area contributed by atoms with Crippen molar-refractivity contribution >= 4 is 5.91 Å². The zero-order chi connectivity index (χ0) is 8.59. The highest BCUT2D eigenvalue weighted by atomic mass is 16.3. The summed E-state index contributed by atoms with van der Waals surface area (Å²) in [6.07, 6.45) is 0.803. The van der Waals surface area contributed by atoms with Crippen molar-refractivity contribution in [2.45, 2.75) is 20.1 Å². The Kier molecular flexibility index (Phi) is 2.00. The number of carbonyl (C=O) groups is 1. The molecule has 1 atom stereocenters. The van der Waals surface area contributed by atoms with Crippen molar-refractivity contribution in [2.24, 2.45) is 5.92 Å². The Morgan fingerprint density at radius 1 is 1.64 bits per heavy atom. The molecule has 0 spiro atoms. The monoisotopic (exact) mass is 155 g/mol.